The molecule has 3 aliphatic carbocycles. The van der Waals surface area contributed by atoms with Gasteiger partial charge in [0.1, 0.15) is 0 Å². The molecule has 7 nitrogen and oxygen atoms in total. The van der Waals surface area contributed by atoms with E-state index in [0.29, 0.717) is 5.56 Å². The Balaban J connectivity index is 1.42. The quantitative estimate of drug-likeness (QED) is 0.278. The maximum atomic E-state index is 12.7. The Morgan fingerprint density at radius 2 is 1.80 bits per heavy atom. The number of hydrogen-bond acceptors (Lipinski definition) is 5. The van der Waals surface area contributed by atoms with Crippen LogP contribution in [0.3, 0.4) is 0 Å². The standard InChI is InChI=1S/C18H15N3O4/c22-16-14-12-4-5-13(18(12)6-7-18)15(14)17(23)20(16)19-9-10-2-1-3-11(8-10)21(24)25/h1-5,8-9,12-15H,6-7H2/t12-,13-,14-,15-/m1/s1. The minimum atomic E-state index is -0.494. The van der Waals surface area contributed by atoms with E-state index < -0.39 is 4.92 Å². The second kappa shape index (κ2) is 4.62. The van der Waals surface area contributed by atoms with E-state index in [0.717, 1.165) is 17.9 Å². The predicted molar refractivity (Wildman–Crippen MR) is 87.3 cm³/mol. The molecule has 3 fully saturated rings. The summed E-state index contributed by atoms with van der Waals surface area (Å²) in [6.07, 6.45) is 7.75. The first-order valence-electron chi connectivity index (χ1n) is 8.37. The van der Waals surface area contributed by atoms with Gasteiger partial charge < -0.3 is 0 Å². The van der Waals surface area contributed by atoms with Gasteiger partial charge in [-0.25, -0.2) is 0 Å². The van der Waals surface area contributed by atoms with Crippen LogP contribution in [0.5, 0.6) is 0 Å². The molecule has 0 radical (unpaired) electrons. The van der Waals surface area contributed by atoms with E-state index in [2.05, 4.69) is 17.3 Å². The summed E-state index contributed by atoms with van der Waals surface area (Å²) in [5.41, 5.74) is 0.584. The third-order valence-electron chi connectivity index (χ3n) is 6.23. The fourth-order valence-corrected chi connectivity index (χ4v) is 5.02. The van der Waals surface area contributed by atoms with Crippen molar-refractivity contribution in [3.8, 4) is 0 Å². The molecule has 7 heteroatoms. The number of non-ortho nitro benzene ring substituents is 1. The molecule has 1 saturated heterocycles. The van der Waals surface area contributed by atoms with Crippen molar-refractivity contribution in [2.75, 3.05) is 0 Å². The first-order valence-corrected chi connectivity index (χ1v) is 8.37. The molecular weight excluding hydrogens is 322 g/mol. The number of nitro benzene ring substituents is 1. The van der Waals surface area contributed by atoms with Crippen molar-refractivity contribution in [1.82, 2.24) is 5.01 Å². The van der Waals surface area contributed by atoms with Crippen LogP contribution < -0.4 is 0 Å². The van der Waals surface area contributed by atoms with Crippen LogP contribution in [0.1, 0.15) is 18.4 Å². The molecule has 2 amide bonds. The number of nitrogens with zero attached hydrogens (tertiary/aromatic N) is 3. The Kier molecular flexibility index (Phi) is 2.68. The van der Waals surface area contributed by atoms with E-state index in [1.165, 1.54) is 18.3 Å². The molecule has 5 rings (SSSR count). The van der Waals surface area contributed by atoms with E-state index in [-0.39, 0.29) is 46.6 Å². The molecule has 25 heavy (non-hydrogen) atoms. The summed E-state index contributed by atoms with van der Waals surface area (Å²) in [6.45, 7) is 0. The van der Waals surface area contributed by atoms with Gasteiger partial charge in [0.25, 0.3) is 17.5 Å². The van der Waals surface area contributed by atoms with Crippen LogP contribution in [0.25, 0.3) is 0 Å². The van der Waals surface area contributed by atoms with Gasteiger partial charge in [0.05, 0.1) is 23.0 Å². The van der Waals surface area contributed by atoms with Crippen LogP contribution in [-0.4, -0.2) is 28.0 Å². The second-order valence-electron chi connectivity index (χ2n) is 7.31. The number of rotatable bonds is 3. The maximum absolute atomic E-state index is 12.7. The number of carbonyl (C=O) groups excluding carboxylic acids is 2. The SMILES string of the molecule is O=C1[C@H]2[C@H](C(=O)N1N=Cc1cccc([N+](=O)[O-])c1)[C@H]1C=C[C@H]2C12CC2. The van der Waals surface area contributed by atoms with Crippen molar-refractivity contribution in [2.45, 2.75) is 12.8 Å². The van der Waals surface area contributed by atoms with Gasteiger partial charge in [-0.1, -0.05) is 24.3 Å². The molecule has 1 aromatic rings. The molecule has 1 heterocycles. The second-order valence-corrected chi connectivity index (χ2v) is 7.31. The summed E-state index contributed by atoms with van der Waals surface area (Å²) in [5.74, 6) is -0.715. The fraction of sp³-hybridized carbons (Fsp3) is 0.389. The Bertz CT molecular complexity index is 852. The van der Waals surface area contributed by atoms with Crippen molar-refractivity contribution < 1.29 is 14.5 Å². The molecule has 1 spiro atoms. The maximum Gasteiger partial charge on any atom is 0.270 e. The van der Waals surface area contributed by atoms with Crippen LogP contribution in [0.15, 0.2) is 41.5 Å². The molecule has 2 saturated carbocycles. The lowest BCUT2D eigenvalue weighted by molar-refractivity contribution is -0.384. The fourth-order valence-electron chi connectivity index (χ4n) is 5.02. The van der Waals surface area contributed by atoms with Crippen LogP contribution in [0, 0.1) is 39.2 Å². The molecule has 0 unspecified atom stereocenters. The molecule has 4 aliphatic rings. The van der Waals surface area contributed by atoms with Gasteiger partial charge in [0, 0.05) is 17.7 Å². The molecule has 1 aromatic carbocycles. The number of nitro groups is 1. The van der Waals surface area contributed by atoms with E-state index in [9.17, 15) is 19.7 Å². The van der Waals surface area contributed by atoms with Crippen molar-refractivity contribution in [1.29, 1.82) is 0 Å². The average Bonchev–Trinajstić information content (AvgIpc) is 3.20. The summed E-state index contributed by atoms with van der Waals surface area (Å²) in [5, 5.41) is 15.9. The van der Waals surface area contributed by atoms with Crippen LogP contribution >= 0.6 is 0 Å². The topological polar surface area (TPSA) is 92.9 Å². The third-order valence-corrected chi connectivity index (χ3v) is 6.23. The monoisotopic (exact) mass is 337 g/mol. The smallest absolute Gasteiger partial charge is 0.270 e. The average molecular weight is 337 g/mol. The van der Waals surface area contributed by atoms with E-state index in [1.807, 2.05) is 0 Å². The number of allylic oxidation sites excluding steroid dienone is 2. The van der Waals surface area contributed by atoms with Gasteiger partial charge in [-0.15, -0.1) is 0 Å². The Morgan fingerprint density at radius 1 is 1.16 bits per heavy atom. The number of amides is 2. The predicted octanol–water partition coefficient (Wildman–Crippen LogP) is 2.13. The summed E-state index contributed by atoms with van der Waals surface area (Å²) in [6, 6.07) is 5.93. The number of hydrogen-bond donors (Lipinski definition) is 0. The summed E-state index contributed by atoms with van der Waals surface area (Å²) < 4.78 is 0. The van der Waals surface area contributed by atoms with Crippen LogP contribution in [-0.2, 0) is 9.59 Å². The highest BCUT2D eigenvalue weighted by Gasteiger charge is 2.73. The van der Waals surface area contributed by atoms with Crippen LogP contribution in [0.4, 0.5) is 5.69 Å². The van der Waals surface area contributed by atoms with Gasteiger partial charge in [-0.3, -0.25) is 19.7 Å². The number of imide groups is 1. The van der Waals surface area contributed by atoms with E-state index in [1.54, 1.807) is 12.1 Å². The molecule has 0 N–H and O–H groups in total. The number of benzene rings is 1. The molecule has 1 aliphatic heterocycles. The number of fused-ring (bicyclic) bond motifs is 3. The van der Waals surface area contributed by atoms with E-state index in [4.69, 9.17) is 0 Å². The van der Waals surface area contributed by atoms with Crippen molar-refractivity contribution >= 4 is 23.7 Å². The third kappa shape index (κ3) is 1.78. The molecule has 0 aromatic heterocycles. The Morgan fingerprint density at radius 3 is 2.36 bits per heavy atom. The van der Waals surface area contributed by atoms with Gasteiger partial charge >= 0.3 is 0 Å². The first kappa shape index (κ1) is 14.5. The molecular formula is C18H15N3O4. The van der Waals surface area contributed by atoms with Crippen LogP contribution in [0.2, 0.25) is 0 Å². The molecule has 126 valence electrons. The van der Waals surface area contributed by atoms with Crippen molar-refractivity contribution in [3.63, 3.8) is 0 Å². The molecule has 4 atom stereocenters. The molecule has 2 bridgehead atoms. The largest absolute Gasteiger partial charge is 0.272 e. The summed E-state index contributed by atoms with van der Waals surface area (Å²) in [4.78, 5) is 35.8. The van der Waals surface area contributed by atoms with E-state index >= 15 is 0 Å². The number of hydrazone groups is 1. The van der Waals surface area contributed by atoms with Gasteiger partial charge in [0.15, 0.2) is 0 Å². The van der Waals surface area contributed by atoms with Crippen molar-refractivity contribution in [2.24, 2.45) is 34.2 Å². The zero-order valence-corrected chi connectivity index (χ0v) is 13.2. The first-order chi connectivity index (χ1) is 12.0. The lowest BCUT2D eigenvalue weighted by Crippen LogP contribution is -2.30. The lowest BCUT2D eigenvalue weighted by Gasteiger charge is -2.18. The Labute approximate surface area is 143 Å². The highest BCUT2D eigenvalue weighted by atomic mass is 16.6. The minimum Gasteiger partial charge on any atom is -0.272 e. The normalized spacial score (nSPS) is 33.7. The minimum absolute atomic E-state index is 0.0576. The zero-order chi connectivity index (χ0) is 17.3. The van der Waals surface area contributed by atoms with Crippen molar-refractivity contribution in [3.05, 3.63) is 52.1 Å². The number of carbonyl (C=O) groups is 2. The van der Waals surface area contributed by atoms with Gasteiger partial charge in [0.2, 0.25) is 0 Å². The summed E-state index contributed by atoms with van der Waals surface area (Å²) in [7, 11) is 0. The Hall–Kier alpha value is -2.83. The van der Waals surface area contributed by atoms with Gasteiger partial charge in [-0.2, -0.15) is 10.1 Å². The summed E-state index contributed by atoms with van der Waals surface area (Å²) >= 11 is 0. The lowest BCUT2D eigenvalue weighted by atomic mass is 9.85. The highest BCUT2D eigenvalue weighted by molar-refractivity contribution is 6.07. The zero-order valence-electron chi connectivity index (χ0n) is 13.2. The van der Waals surface area contributed by atoms with Gasteiger partial charge in [-0.05, 0) is 30.1 Å². The highest BCUT2D eigenvalue weighted by Crippen LogP contribution is 2.73.